The molecule has 2 fully saturated rings. The summed E-state index contributed by atoms with van der Waals surface area (Å²) < 4.78 is 16.2. The van der Waals surface area contributed by atoms with Crippen LogP contribution in [0.2, 0.25) is 5.02 Å². The second-order valence-electron chi connectivity index (χ2n) is 5.89. The molecule has 7 heteroatoms. The Labute approximate surface area is 138 Å². The lowest BCUT2D eigenvalue weighted by Crippen LogP contribution is -2.34. The van der Waals surface area contributed by atoms with Crippen molar-refractivity contribution in [3.63, 3.8) is 0 Å². The molecule has 23 heavy (non-hydrogen) atoms. The molecule has 0 spiro atoms. The summed E-state index contributed by atoms with van der Waals surface area (Å²) in [6.07, 6.45) is -1.70. The molecule has 0 radical (unpaired) electrons. The van der Waals surface area contributed by atoms with Gasteiger partial charge in [0.1, 0.15) is 24.6 Å². The molecule has 5 atom stereocenters. The smallest absolute Gasteiger partial charge is 0.306 e. The fourth-order valence-corrected chi connectivity index (χ4v) is 3.28. The second-order valence-corrected chi connectivity index (χ2v) is 6.30. The van der Waals surface area contributed by atoms with Crippen molar-refractivity contribution in [2.24, 2.45) is 5.92 Å². The van der Waals surface area contributed by atoms with Crippen molar-refractivity contribution in [3.05, 3.63) is 29.3 Å². The van der Waals surface area contributed by atoms with Crippen molar-refractivity contribution < 1.29 is 29.2 Å². The van der Waals surface area contributed by atoms with E-state index in [1.165, 1.54) is 0 Å². The summed E-state index contributed by atoms with van der Waals surface area (Å²) in [4.78, 5) is 11.3. The zero-order valence-corrected chi connectivity index (χ0v) is 13.2. The standard InChI is InChI=1S/C16H19ClO6/c17-11-3-1-2-4-13(11)21-7-9(18)8-22-16-10-5-15(20)23-14(10)6-12(16)19/h1-4,9-10,12,14,16,18-19H,5-8H2/t9?,10-,12+,14-,16+/m1/s1. The van der Waals surface area contributed by atoms with Gasteiger partial charge in [-0.05, 0) is 12.1 Å². The number of hydrogen-bond donors (Lipinski definition) is 2. The molecule has 1 unspecified atom stereocenters. The summed E-state index contributed by atoms with van der Waals surface area (Å²) in [5.41, 5.74) is 0. The van der Waals surface area contributed by atoms with Gasteiger partial charge in [0, 0.05) is 12.3 Å². The molecular formula is C16H19ClO6. The van der Waals surface area contributed by atoms with Crippen molar-refractivity contribution in [2.45, 2.75) is 37.3 Å². The maximum atomic E-state index is 11.3. The van der Waals surface area contributed by atoms with E-state index in [4.69, 9.17) is 25.8 Å². The third-order valence-corrected chi connectivity index (χ3v) is 4.50. The topological polar surface area (TPSA) is 85.2 Å². The molecule has 2 N–H and O–H groups in total. The first-order chi connectivity index (χ1) is 11.0. The van der Waals surface area contributed by atoms with Crippen LogP contribution < -0.4 is 4.74 Å². The Bertz CT molecular complexity index is 565. The van der Waals surface area contributed by atoms with E-state index >= 15 is 0 Å². The number of esters is 1. The van der Waals surface area contributed by atoms with Gasteiger partial charge in [-0.25, -0.2) is 0 Å². The van der Waals surface area contributed by atoms with E-state index < -0.39 is 18.3 Å². The van der Waals surface area contributed by atoms with Crippen molar-refractivity contribution in [1.82, 2.24) is 0 Å². The Morgan fingerprint density at radius 2 is 2.13 bits per heavy atom. The minimum atomic E-state index is -0.865. The number of benzene rings is 1. The van der Waals surface area contributed by atoms with Crippen LogP contribution >= 0.6 is 11.6 Å². The molecule has 1 aliphatic heterocycles. The van der Waals surface area contributed by atoms with Crippen LogP contribution in [0.15, 0.2) is 24.3 Å². The number of rotatable bonds is 6. The Balaban J connectivity index is 1.46. The van der Waals surface area contributed by atoms with Gasteiger partial charge in [0.05, 0.1) is 30.3 Å². The van der Waals surface area contributed by atoms with Gasteiger partial charge in [0.2, 0.25) is 0 Å². The Kier molecular flexibility index (Phi) is 5.06. The fourth-order valence-electron chi connectivity index (χ4n) is 3.09. The van der Waals surface area contributed by atoms with E-state index in [0.717, 1.165) is 0 Å². The van der Waals surface area contributed by atoms with E-state index in [1.54, 1.807) is 24.3 Å². The van der Waals surface area contributed by atoms with Gasteiger partial charge in [-0.1, -0.05) is 23.7 Å². The Hall–Kier alpha value is -1.34. The lowest BCUT2D eigenvalue weighted by molar-refractivity contribution is -0.142. The zero-order valence-electron chi connectivity index (χ0n) is 12.4. The lowest BCUT2D eigenvalue weighted by atomic mass is 10.0. The fraction of sp³-hybridized carbons (Fsp3) is 0.562. The van der Waals surface area contributed by atoms with E-state index in [0.29, 0.717) is 17.2 Å². The van der Waals surface area contributed by atoms with Crippen LogP contribution in [0.5, 0.6) is 5.75 Å². The summed E-state index contributed by atoms with van der Waals surface area (Å²) in [5.74, 6) is 0.0845. The molecule has 1 heterocycles. The minimum Gasteiger partial charge on any atom is -0.489 e. The quantitative estimate of drug-likeness (QED) is 0.755. The molecule has 126 valence electrons. The highest BCUT2D eigenvalue weighted by molar-refractivity contribution is 6.32. The maximum Gasteiger partial charge on any atom is 0.306 e. The monoisotopic (exact) mass is 342 g/mol. The van der Waals surface area contributed by atoms with Crippen LogP contribution in [-0.2, 0) is 14.3 Å². The number of aliphatic hydroxyl groups is 2. The molecule has 2 aliphatic rings. The van der Waals surface area contributed by atoms with Crippen LogP contribution in [0.25, 0.3) is 0 Å². The zero-order chi connectivity index (χ0) is 16.4. The summed E-state index contributed by atoms with van der Waals surface area (Å²) in [7, 11) is 0. The van der Waals surface area contributed by atoms with Gasteiger partial charge in [-0.15, -0.1) is 0 Å². The number of aliphatic hydroxyl groups excluding tert-OH is 2. The third-order valence-electron chi connectivity index (χ3n) is 4.19. The lowest BCUT2D eigenvalue weighted by Gasteiger charge is -2.22. The highest BCUT2D eigenvalue weighted by Gasteiger charge is 2.50. The van der Waals surface area contributed by atoms with Crippen LogP contribution in [0.3, 0.4) is 0 Å². The van der Waals surface area contributed by atoms with Gasteiger partial charge < -0.3 is 24.4 Å². The van der Waals surface area contributed by atoms with Gasteiger partial charge in [0.25, 0.3) is 0 Å². The van der Waals surface area contributed by atoms with Gasteiger partial charge in [-0.3, -0.25) is 4.79 Å². The van der Waals surface area contributed by atoms with E-state index in [1.807, 2.05) is 0 Å². The highest BCUT2D eigenvalue weighted by Crippen LogP contribution is 2.38. The second kappa shape index (κ2) is 7.05. The van der Waals surface area contributed by atoms with Crippen molar-refractivity contribution in [3.8, 4) is 5.75 Å². The Morgan fingerprint density at radius 1 is 1.35 bits per heavy atom. The van der Waals surface area contributed by atoms with Crippen molar-refractivity contribution in [1.29, 1.82) is 0 Å². The molecule has 0 aromatic heterocycles. The third kappa shape index (κ3) is 3.77. The summed E-state index contributed by atoms with van der Waals surface area (Å²) in [6.45, 7) is 0.0274. The van der Waals surface area contributed by atoms with Crippen LogP contribution in [-0.4, -0.2) is 53.8 Å². The average Bonchev–Trinajstić information content (AvgIpc) is 2.99. The molecule has 6 nitrogen and oxygen atoms in total. The number of carbonyl (C=O) groups is 1. The largest absolute Gasteiger partial charge is 0.489 e. The van der Waals surface area contributed by atoms with E-state index in [2.05, 4.69) is 0 Å². The van der Waals surface area contributed by atoms with Crippen LogP contribution in [0.4, 0.5) is 0 Å². The number of para-hydroxylation sites is 1. The number of fused-ring (bicyclic) bond motifs is 1. The van der Waals surface area contributed by atoms with Gasteiger partial charge in [0.15, 0.2) is 0 Å². The van der Waals surface area contributed by atoms with Crippen LogP contribution in [0, 0.1) is 5.92 Å². The Morgan fingerprint density at radius 3 is 2.91 bits per heavy atom. The molecular weight excluding hydrogens is 324 g/mol. The maximum absolute atomic E-state index is 11.3. The molecule has 1 aromatic rings. The molecule has 0 amide bonds. The van der Waals surface area contributed by atoms with E-state index in [9.17, 15) is 15.0 Å². The number of ether oxygens (including phenoxy) is 3. The van der Waals surface area contributed by atoms with Crippen molar-refractivity contribution >= 4 is 17.6 Å². The molecule has 1 aliphatic carbocycles. The van der Waals surface area contributed by atoms with Crippen molar-refractivity contribution in [2.75, 3.05) is 13.2 Å². The number of carbonyl (C=O) groups excluding carboxylic acids is 1. The first-order valence-electron chi connectivity index (χ1n) is 7.59. The molecule has 1 saturated heterocycles. The van der Waals surface area contributed by atoms with Gasteiger partial charge in [-0.2, -0.15) is 0 Å². The molecule has 1 aromatic carbocycles. The molecule has 3 rings (SSSR count). The SMILES string of the molecule is O=C1C[C@H]2[C@H](OCC(O)COc3ccccc3Cl)[C@@H](O)C[C@H]2O1. The first kappa shape index (κ1) is 16.5. The number of hydrogen-bond acceptors (Lipinski definition) is 6. The number of halogens is 1. The predicted molar refractivity (Wildman–Crippen MR) is 81.3 cm³/mol. The molecule has 1 saturated carbocycles. The summed E-state index contributed by atoms with van der Waals surface area (Å²) in [6, 6.07) is 6.99. The summed E-state index contributed by atoms with van der Waals surface area (Å²) >= 11 is 5.97. The normalized spacial score (nSPS) is 30.8. The van der Waals surface area contributed by atoms with E-state index in [-0.39, 0.29) is 37.6 Å². The average molecular weight is 343 g/mol. The highest BCUT2D eigenvalue weighted by atomic mass is 35.5. The summed E-state index contributed by atoms with van der Waals surface area (Å²) in [5, 5.41) is 20.4. The minimum absolute atomic E-state index is 0.00356. The first-order valence-corrected chi connectivity index (χ1v) is 7.97. The van der Waals surface area contributed by atoms with Gasteiger partial charge >= 0.3 is 5.97 Å². The van der Waals surface area contributed by atoms with Crippen LogP contribution in [0.1, 0.15) is 12.8 Å². The molecule has 0 bridgehead atoms. The predicted octanol–water partition coefficient (Wildman–Crippen LogP) is 1.16.